The van der Waals surface area contributed by atoms with Gasteiger partial charge in [-0.2, -0.15) is 0 Å². The maximum Gasteiger partial charge on any atom is 0.312 e. The first-order chi connectivity index (χ1) is 18.2. The third kappa shape index (κ3) is 4.78. The Balaban J connectivity index is 1.99. The van der Waals surface area contributed by atoms with Gasteiger partial charge in [-0.3, -0.25) is 19.2 Å². The minimum Gasteiger partial charge on any atom is -0.459 e. The van der Waals surface area contributed by atoms with E-state index in [-0.39, 0.29) is 11.5 Å². The molecule has 1 saturated carbocycles. The molecule has 216 valence electrons. The van der Waals surface area contributed by atoms with Gasteiger partial charge in [0.2, 0.25) is 0 Å². The smallest absolute Gasteiger partial charge is 0.312 e. The number of carbonyl (C=O) groups excluding carboxylic acids is 4. The molecule has 0 radical (unpaired) electrons. The molecule has 3 fully saturated rings. The third-order valence-electron chi connectivity index (χ3n) is 8.80. The lowest BCUT2D eigenvalue weighted by atomic mass is 9.54. The topological polar surface area (TPSA) is 138 Å². The van der Waals surface area contributed by atoms with Gasteiger partial charge in [0, 0.05) is 37.5 Å². The van der Waals surface area contributed by atoms with Crippen molar-refractivity contribution in [2.75, 3.05) is 0 Å². The second-order valence-electron chi connectivity index (χ2n) is 11.4. The predicted molar refractivity (Wildman–Crippen MR) is 137 cm³/mol. The van der Waals surface area contributed by atoms with Crippen LogP contribution in [0.15, 0.2) is 22.8 Å². The number of rotatable bonds is 5. The second kappa shape index (κ2) is 10.5. The zero-order valence-corrected chi connectivity index (χ0v) is 24.0. The number of halogens is 1. The molecule has 0 aromatic rings. The molecule has 4 rings (SSSR count). The van der Waals surface area contributed by atoms with Crippen LogP contribution in [-0.4, -0.2) is 71.2 Å². The van der Waals surface area contributed by atoms with E-state index in [1.165, 1.54) is 20.8 Å². The van der Waals surface area contributed by atoms with E-state index in [4.69, 9.17) is 35.3 Å². The lowest BCUT2D eigenvalue weighted by Gasteiger charge is -2.54. The van der Waals surface area contributed by atoms with E-state index in [1.54, 1.807) is 26.0 Å². The standard InChI is InChI=1S/C28H37ClO10/c1-8-9-18(32)37-17-11-10-12(2)20(29)24-28(34,14(4)26(33)39-24)23(36-16(6)31)19-13(3)21(35-15(5)30)22-25(38-22)27(17,19)7/h10-11,13-14,17,19,21-25,34H,8-9H2,1-7H3. The molecule has 0 aromatic heterocycles. The summed E-state index contributed by atoms with van der Waals surface area (Å²) in [6.45, 7) is 11.2. The Kier molecular flexibility index (Phi) is 7.97. The highest BCUT2D eigenvalue weighted by molar-refractivity contribution is 6.31. The minimum absolute atomic E-state index is 0.0476. The summed E-state index contributed by atoms with van der Waals surface area (Å²) >= 11 is 6.73. The van der Waals surface area contributed by atoms with Crippen LogP contribution in [0.4, 0.5) is 0 Å². The zero-order chi connectivity index (χ0) is 29.0. The van der Waals surface area contributed by atoms with Crippen LogP contribution in [0, 0.1) is 23.2 Å². The molecule has 2 heterocycles. The van der Waals surface area contributed by atoms with Crippen LogP contribution in [0.3, 0.4) is 0 Å². The van der Waals surface area contributed by atoms with Crippen LogP contribution in [-0.2, 0) is 42.9 Å². The molecular weight excluding hydrogens is 532 g/mol. The molecule has 11 heteroatoms. The monoisotopic (exact) mass is 568 g/mol. The fourth-order valence-electron chi connectivity index (χ4n) is 6.76. The first kappa shape index (κ1) is 29.6. The Hall–Kier alpha value is -2.43. The van der Waals surface area contributed by atoms with Gasteiger partial charge < -0.3 is 28.8 Å². The quantitative estimate of drug-likeness (QED) is 0.299. The van der Waals surface area contributed by atoms with Gasteiger partial charge in [0.15, 0.2) is 11.7 Å². The highest BCUT2D eigenvalue weighted by atomic mass is 35.5. The third-order valence-corrected chi connectivity index (χ3v) is 9.29. The normalized spacial score (nSPS) is 42.9. The SMILES string of the molecule is CCCC(=O)OC1C=CC(C)=C(Cl)C2OC(=O)C(C)C2(O)C(OC(C)=O)C2C(C)C(OC(C)=O)C3OC3C12C. The van der Waals surface area contributed by atoms with Crippen molar-refractivity contribution in [1.82, 2.24) is 0 Å². The predicted octanol–water partition coefficient (Wildman–Crippen LogP) is 2.98. The van der Waals surface area contributed by atoms with Gasteiger partial charge in [-0.1, -0.05) is 38.4 Å². The number of allylic oxidation sites excluding steroid dienone is 2. The summed E-state index contributed by atoms with van der Waals surface area (Å²) in [5.74, 6) is -4.93. The van der Waals surface area contributed by atoms with Crippen molar-refractivity contribution in [2.24, 2.45) is 23.2 Å². The maximum atomic E-state index is 12.9. The average molecular weight is 569 g/mol. The van der Waals surface area contributed by atoms with E-state index in [0.29, 0.717) is 12.0 Å². The molecule has 39 heavy (non-hydrogen) atoms. The van der Waals surface area contributed by atoms with Crippen molar-refractivity contribution < 1.29 is 48.0 Å². The molecule has 11 atom stereocenters. The molecule has 0 aromatic carbocycles. The van der Waals surface area contributed by atoms with E-state index in [0.717, 1.165) is 0 Å². The zero-order valence-electron chi connectivity index (χ0n) is 23.3. The Morgan fingerprint density at radius 2 is 1.77 bits per heavy atom. The molecule has 0 bridgehead atoms. The van der Waals surface area contributed by atoms with Gasteiger partial charge in [0.25, 0.3) is 0 Å². The summed E-state index contributed by atoms with van der Waals surface area (Å²) in [7, 11) is 0. The average Bonchev–Trinajstić information content (AvgIpc) is 3.62. The molecule has 0 spiro atoms. The number of hydrogen-bond donors (Lipinski definition) is 1. The summed E-state index contributed by atoms with van der Waals surface area (Å²) in [5, 5.41) is 12.5. The van der Waals surface area contributed by atoms with Gasteiger partial charge in [-0.15, -0.1) is 0 Å². The van der Waals surface area contributed by atoms with Crippen molar-refractivity contribution in [3.05, 3.63) is 22.8 Å². The van der Waals surface area contributed by atoms with Gasteiger partial charge in [-0.25, -0.2) is 0 Å². The number of hydrogen-bond acceptors (Lipinski definition) is 10. The van der Waals surface area contributed by atoms with E-state index < -0.39 is 89.3 Å². The van der Waals surface area contributed by atoms with E-state index >= 15 is 0 Å². The van der Waals surface area contributed by atoms with Crippen molar-refractivity contribution in [3.8, 4) is 0 Å². The number of epoxide rings is 1. The summed E-state index contributed by atoms with van der Waals surface area (Å²) in [4.78, 5) is 50.4. The fraction of sp³-hybridized carbons (Fsp3) is 0.714. The molecule has 2 aliphatic carbocycles. The lowest BCUT2D eigenvalue weighted by molar-refractivity contribution is -0.219. The fourth-order valence-corrected chi connectivity index (χ4v) is 7.04. The number of fused-ring (bicyclic) bond motifs is 4. The Morgan fingerprint density at radius 1 is 1.13 bits per heavy atom. The highest BCUT2D eigenvalue weighted by Gasteiger charge is 2.75. The number of carbonyl (C=O) groups is 4. The summed E-state index contributed by atoms with van der Waals surface area (Å²) in [5.41, 5.74) is -2.72. The van der Waals surface area contributed by atoms with Crippen molar-refractivity contribution in [3.63, 3.8) is 0 Å². The van der Waals surface area contributed by atoms with Crippen LogP contribution < -0.4 is 0 Å². The molecule has 10 nitrogen and oxygen atoms in total. The lowest BCUT2D eigenvalue weighted by Crippen LogP contribution is -2.67. The maximum absolute atomic E-state index is 12.9. The van der Waals surface area contributed by atoms with Crippen LogP contribution in [0.1, 0.15) is 61.3 Å². The first-order valence-corrected chi connectivity index (χ1v) is 13.7. The minimum atomic E-state index is -2.10. The van der Waals surface area contributed by atoms with E-state index in [9.17, 15) is 24.3 Å². The summed E-state index contributed by atoms with van der Waals surface area (Å²) in [6, 6.07) is 0. The second-order valence-corrected chi connectivity index (χ2v) is 11.8. The number of esters is 4. The molecule has 1 N–H and O–H groups in total. The first-order valence-electron chi connectivity index (χ1n) is 13.4. The van der Waals surface area contributed by atoms with Crippen molar-refractivity contribution in [2.45, 2.75) is 104 Å². The van der Waals surface area contributed by atoms with Gasteiger partial charge in [0.1, 0.15) is 24.4 Å². The molecule has 0 amide bonds. The number of ether oxygens (including phenoxy) is 5. The summed E-state index contributed by atoms with van der Waals surface area (Å²) < 4.78 is 29.3. The van der Waals surface area contributed by atoms with Crippen molar-refractivity contribution >= 4 is 35.5 Å². The van der Waals surface area contributed by atoms with Crippen LogP contribution >= 0.6 is 11.6 Å². The van der Waals surface area contributed by atoms with E-state index in [2.05, 4.69) is 0 Å². The molecule has 2 saturated heterocycles. The van der Waals surface area contributed by atoms with Crippen LogP contribution in [0.2, 0.25) is 0 Å². The summed E-state index contributed by atoms with van der Waals surface area (Å²) in [6.07, 6.45) is -1.34. The Labute approximate surface area is 233 Å². The van der Waals surface area contributed by atoms with Crippen LogP contribution in [0.25, 0.3) is 0 Å². The molecule has 2 aliphatic heterocycles. The van der Waals surface area contributed by atoms with Crippen molar-refractivity contribution in [1.29, 1.82) is 0 Å². The van der Waals surface area contributed by atoms with E-state index in [1.807, 2.05) is 13.8 Å². The number of aliphatic hydroxyl groups is 1. The molecule has 11 unspecified atom stereocenters. The highest BCUT2D eigenvalue weighted by Crippen LogP contribution is 2.62. The molecular formula is C28H37ClO10. The van der Waals surface area contributed by atoms with Crippen LogP contribution in [0.5, 0.6) is 0 Å². The largest absolute Gasteiger partial charge is 0.459 e. The van der Waals surface area contributed by atoms with Gasteiger partial charge in [0.05, 0.1) is 17.1 Å². The van der Waals surface area contributed by atoms with Gasteiger partial charge >= 0.3 is 23.9 Å². The Morgan fingerprint density at radius 3 is 2.36 bits per heavy atom. The molecule has 4 aliphatic rings. The van der Waals surface area contributed by atoms with Gasteiger partial charge in [-0.05, 0) is 31.9 Å². The Bertz CT molecular complexity index is 1120.